The number of piperidine rings is 1. The van der Waals surface area contributed by atoms with Gasteiger partial charge in [0.15, 0.2) is 0 Å². The van der Waals surface area contributed by atoms with Crippen LogP contribution in [0.2, 0.25) is 0 Å². The summed E-state index contributed by atoms with van der Waals surface area (Å²) in [5.41, 5.74) is 1.90. The number of ether oxygens (including phenoxy) is 2. The summed E-state index contributed by atoms with van der Waals surface area (Å²) in [6.07, 6.45) is 6.32. The molecule has 178 valence electrons. The van der Waals surface area contributed by atoms with Gasteiger partial charge in [0, 0.05) is 44.2 Å². The fraction of sp³-hybridized carbons (Fsp3) is 0.538. The van der Waals surface area contributed by atoms with Gasteiger partial charge in [-0.15, -0.1) is 11.3 Å². The fourth-order valence-corrected chi connectivity index (χ4v) is 5.34. The standard InChI is InChI=1S/C26H35N3O3S/c1-19-14-28(15-20(2)32-19)16-23-9-11-29(12-10-23)26(30)8-7-22-5-4-6-25(13-22)31-17-24-18-33-21(3)27-24/h4-8,13,18-20,23H,9-12,14-17H2,1-3H3/b8-7+. The summed E-state index contributed by atoms with van der Waals surface area (Å²) in [7, 11) is 0. The van der Waals surface area contributed by atoms with Crippen LogP contribution in [0.15, 0.2) is 35.7 Å². The van der Waals surface area contributed by atoms with Gasteiger partial charge < -0.3 is 14.4 Å². The van der Waals surface area contributed by atoms with Crippen molar-refractivity contribution in [3.63, 3.8) is 0 Å². The first kappa shape index (κ1) is 23.9. The van der Waals surface area contributed by atoms with E-state index in [9.17, 15) is 4.79 Å². The van der Waals surface area contributed by atoms with Gasteiger partial charge in [0.05, 0.1) is 22.9 Å². The van der Waals surface area contributed by atoms with E-state index in [1.807, 2.05) is 47.5 Å². The highest BCUT2D eigenvalue weighted by Gasteiger charge is 2.27. The molecule has 0 bridgehead atoms. The average molecular weight is 470 g/mol. The van der Waals surface area contributed by atoms with E-state index in [-0.39, 0.29) is 5.91 Å². The van der Waals surface area contributed by atoms with Crippen molar-refractivity contribution in [1.29, 1.82) is 0 Å². The lowest BCUT2D eigenvalue weighted by atomic mass is 9.95. The van der Waals surface area contributed by atoms with Crippen molar-refractivity contribution in [1.82, 2.24) is 14.8 Å². The number of hydrogen-bond acceptors (Lipinski definition) is 6. The lowest BCUT2D eigenvalue weighted by Crippen LogP contribution is -2.48. The molecule has 2 unspecified atom stereocenters. The summed E-state index contributed by atoms with van der Waals surface area (Å²) in [5.74, 6) is 1.53. The molecule has 3 heterocycles. The predicted molar refractivity (Wildman–Crippen MR) is 132 cm³/mol. The van der Waals surface area contributed by atoms with Crippen molar-refractivity contribution in [3.05, 3.63) is 52.0 Å². The molecule has 6 nitrogen and oxygen atoms in total. The average Bonchev–Trinajstić information content (AvgIpc) is 3.21. The van der Waals surface area contributed by atoms with Gasteiger partial charge in [-0.1, -0.05) is 12.1 Å². The minimum atomic E-state index is 0.0892. The second-order valence-corrected chi connectivity index (χ2v) is 10.4. The highest BCUT2D eigenvalue weighted by Crippen LogP contribution is 2.22. The van der Waals surface area contributed by atoms with Gasteiger partial charge in [0.2, 0.25) is 5.91 Å². The van der Waals surface area contributed by atoms with Crippen molar-refractivity contribution < 1.29 is 14.3 Å². The highest BCUT2D eigenvalue weighted by atomic mass is 32.1. The Morgan fingerprint density at radius 2 is 2.00 bits per heavy atom. The van der Waals surface area contributed by atoms with Crippen molar-refractivity contribution >= 4 is 23.3 Å². The molecule has 2 fully saturated rings. The van der Waals surface area contributed by atoms with Crippen molar-refractivity contribution in [2.24, 2.45) is 5.92 Å². The van der Waals surface area contributed by atoms with Crippen LogP contribution < -0.4 is 4.74 Å². The second-order valence-electron chi connectivity index (χ2n) is 9.30. The van der Waals surface area contributed by atoms with Gasteiger partial charge in [0.1, 0.15) is 12.4 Å². The first-order valence-electron chi connectivity index (χ1n) is 11.9. The van der Waals surface area contributed by atoms with Crippen LogP contribution >= 0.6 is 11.3 Å². The van der Waals surface area contributed by atoms with Crippen LogP contribution in [0.5, 0.6) is 5.75 Å². The third-order valence-corrected chi connectivity index (χ3v) is 7.09. The maximum Gasteiger partial charge on any atom is 0.246 e. The first-order valence-corrected chi connectivity index (χ1v) is 12.8. The molecule has 2 saturated heterocycles. The molecule has 0 saturated carbocycles. The molecule has 2 aromatic rings. The summed E-state index contributed by atoms with van der Waals surface area (Å²) >= 11 is 1.62. The molecule has 4 rings (SSSR count). The number of rotatable bonds is 7. The molecule has 1 amide bonds. The number of amides is 1. The molecule has 1 aromatic carbocycles. The number of carbonyl (C=O) groups is 1. The molecular formula is C26H35N3O3S. The summed E-state index contributed by atoms with van der Waals surface area (Å²) in [4.78, 5) is 21.7. The normalized spacial score (nSPS) is 22.7. The van der Waals surface area contributed by atoms with E-state index in [0.717, 1.165) is 67.6 Å². The second kappa shape index (κ2) is 11.3. The largest absolute Gasteiger partial charge is 0.487 e. The molecule has 0 radical (unpaired) electrons. The minimum absolute atomic E-state index is 0.0892. The molecular weight excluding hydrogens is 434 g/mol. The Hall–Kier alpha value is -2.22. The number of nitrogens with zero attached hydrogens (tertiary/aromatic N) is 3. The zero-order valence-electron chi connectivity index (χ0n) is 19.9. The Kier molecular flexibility index (Phi) is 8.17. The van der Waals surface area contributed by atoms with Crippen LogP contribution in [0.4, 0.5) is 0 Å². The Balaban J connectivity index is 1.23. The number of aryl methyl sites for hydroxylation is 1. The maximum atomic E-state index is 12.7. The lowest BCUT2D eigenvalue weighted by Gasteiger charge is -2.39. The summed E-state index contributed by atoms with van der Waals surface area (Å²) in [6, 6.07) is 7.82. The molecule has 0 spiro atoms. The lowest BCUT2D eigenvalue weighted by molar-refractivity contribution is -0.127. The maximum absolute atomic E-state index is 12.7. The number of aromatic nitrogens is 1. The molecule has 2 atom stereocenters. The van der Waals surface area contributed by atoms with Crippen LogP contribution in [0.1, 0.15) is 43.0 Å². The smallest absolute Gasteiger partial charge is 0.246 e. The van der Waals surface area contributed by atoms with E-state index in [1.54, 1.807) is 17.4 Å². The SMILES string of the molecule is Cc1nc(COc2cccc(/C=C/C(=O)N3CCC(CN4CC(C)OC(C)C4)CC3)c2)cs1. The van der Waals surface area contributed by atoms with Crippen LogP contribution in [-0.4, -0.2) is 65.6 Å². The number of likely N-dealkylation sites (tertiary alicyclic amines) is 1. The molecule has 0 aliphatic carbocycles. The molecule has 7 heteroatoms. The first-order chi connectivity index (χ1) is 15.9. The summed E-state index contributed by atoms with van der Waals surface area (Å²) < 4.78 is 11.7. The third-order valence-electron chi connectivity index (χ3n) is 6.27. The Morgan fingerprint density at radius 3 is 2.70 bits per heavy atom. The summed E-state index contributed by atoms with van der Waals surface area (Å²) in [5, 5.41) is 3.06. The highest BCUT2D eigenvalue weighted by molar-refractivity contribution is 7.09. The van der Waals surface area contributed by atoms with Gasteiger partial charge >= 0.3 is 0 Å². The monoisotopic (exact) mass is 469 g/mol. The zero-order chi connectivity index (χ0) is 23.2. The number of carbonyl (C=O) groups excluding carboxylic acids is 1. The van der Waals surface area contributed by atoms with Crippen LogP contribution in [0, 0.1) is 12.8 Å². The van der Waals surface area contributed by atoms with Crippen LogP contribution in [0.25, 0.3) is 6.08 Å². The molecule has 2 aliphatic rings. The Labute approximate surface area is 201 Å². The molecule has 0 N–H and O–H groups in total. The van der Waals surface area contributed by atoms with E-state index in [1.165, 1.54) is 0 Å². The van der Waals surface area contributed by atoms with Crippen molar-refractivity contribution in [3.8, 4) is 5.75 Å². The predicted octanol–water partition coefficient (Wildman–Crippen LogP) is 4.39. The zero-order valence-corrected chi connectivity index (χ0v) is 20.7. The van der Waals surface area contributed by atoms with E-state index < -0.39 is 0 Å². The van der Waals surface area contributed by atoms with Gasteiger partial charge in [-0.25, -0.2) is 4.98 Å². The van der Waals surface area contributed by atoms with Crippen LogP contribution in [0.3, 0.4) is 0 Å². The van der Waals surface area contributed by atoms with E-state index in [4.69, 9.17) is 9.47 Å². The van der Waals surface area contributed by atoms with Crippen molar-refractivity contribution in [2.45, 2.75) is 52.4 Å². The molecule has 33 heavy (non-hydrogen) atoms. The van der Waals surface area contributed by atoms with Gasteiger partial charge in [-0.2, -0.15) is 0 Å². The quantitative estimate of drug-likeness (QED) is 0.563. The van der Waals surface area contributed by atoms with Crippen molar-refractivity contribution in [2.75, 3.05) is 32.7 Å². The summed E-state index contributed by atoms with van der Waals surface area (Å²) in [6.45, 7) is 11.6. The third kappa shape index (κ3) is 7.13. The van der Waals surface area contributed by atoms with Crippen LogP contribution in [-0.2, 0) is 16.1 Å². The number of morpholine rings is 1. The Morgan fingerprint density at radius 1 is 1.24 bits per heavy atom. The van der Waals surface area contributed by atoms with E-state index in [2.05, 4.69) is 23.7 Å². The molecule has 2 aliphatic heterocycles. The number of thiazole rings is 1. The van der Waals surface area contributed by atoms with Gasteiger partial charge in [-0.05, 0) is 63.3 Å². The minimum Gasteiger partial charge on any atom is -0.487 e. The number of benzene rings is 1. The van der Waals surface area contributed by atoms with E-state index in [0.29, 0.717) is 24.7 Å². The van der Waals surface area contributed by atoms with E-state index >= 15 is 0 Å². The fourth-order valence-electron chi connectivity index (χ4n) is 4.75. The Bertz CT molecular complexity index is 942. The number of hydrogen-bond donors (Lipinski definition) is 0. The van der Waals surface area contributed by atoms with Gasteiger partial charge in [0.25, 0.3) is 0 Å². The van der Waals surface area contributed by atoms with Gasteiger partial charge in [-0.3, -0.25) is 9.69 Å². The topological polar surface area (TPSA) is 54.9 Å². The molecule has 1 aromatic heterocycles.